The molecule has 9 heavy (non-hydrogen) atoms. The molecule has 0 aromatic heterocycles. The van der Waals surface area contributed by atoms with Crippen molar-refractivity contribution < 1.29 is 4.79 Å². The summed E-state index contributed by atoms with van der Waals surface area (Å²) in [5.41, 5.74) is 0. The van der Waals surface area contributed by atoms with Crippen LogP contribution in [-0.2, 0) is 0 Å². The predicted molar refractivity (Wildman–Crippen MR) is 40.2 cm³/mol. The van der Waals surface area contributed by atoms with E-state index in [0.29, 0.717) is 6.54 Å². The van der Waals surface area contributed by atoms with E-state index in [-0.39, 0.29) is 30.8 Å². The Morgan fingerprint density at radius 1 is 1.44 bits per heavy atom. The molecule has 1 aliphatic heterocycles. The largest absolute Gasteiger partial charge is 0.334 e. The molecule has 0 saturated heterocycles. The first-order chi connectivity index (χ1) is 3.39. The van der Waals surface area contributed by atoms with E-state index in [0.717, 1.165) is 0 Å². The molecule has 0 fully saturated rings. The van der Waals surface area contributed by atoms with Gasteiger partial charge in [0.1, 0.15) is 0 Å². The average Bonchev–Trinajstić information content (AvgIpc) is 1.69. The van der Waals surface area contributed by atoms with Gasteiger partial charge in [0.25, 0.3) is 0 Å². The minimum Gasteiger partial charge on any atom is -0.334 e. The third kappa shape index (κ3) is 4.12. The molecule has 0 aromatic rings. The predicted octanol–water partition coefficient (Wildman–Crippen LogP) is 0.657. The van der Waals surface area contributed by atoms with Crippen molar-refractivity contribution in [2.75, 3.05) is 6.54 Å². The summed E-state index contributed by atoms with van der Waals surface area (Å²) in [5.74, 6) is 0. The monoisotopic (exact) mass is 170 g/mol. The Morgan fingerprint density at radius 3 is 2.33 bits per heavy atom. The molecule has 0 spiro atoms. The highest BCUT2D eigenvalue weighted by atomic mass is 35.5. The quantitative estimate of drug-likeness (QED) is 0.552. The van der Waals surface area contributed by atoms with Crippen LogP contribution in [0.4, 0.5) is 4.79 Å². The Kier molecular flexibility index (Phi) is 7.24. The van der Waals surface area contributed by atoms with Crippen molar-refractivity contribution >= 4 is 30.8 Å². The number of carbonyl (C=O) groups is 1. The summed E-state index contributed by atoms with van der Waals surface area (Å²) in [6.45, 7) is 0.645. The third-order valence-electron chi connectivity index (χ3n) is 0.713. The van der Waals surface area contributed by atoms with E-state index in [1.807, 2.05) is 6.08 Å². The molecule has 0 aliphatic carbocycles. The molecule has 0 saturated carbocycles. The number of nitrogens with one attached hydrogen (secondary N) is 2. The molecule has 0 radical (unpaired) electrons. The molecule has 54 valence electrons. The van der Waals surface area contributed by atoms with Crippen molar-refractivity contribution in [2.24, 2.45) is 0 Å². The summed E-state index contributed by atoms with van der Waals surface area (Å²) in [7, 11) is 0. The molecule has 1 heterocycles. The van der Waals surface area contributed by atoms with Crippen molar-refractivity contribution in [1.29, 1.82) is 0 Å². The lowest BCUT2D eigenvalue weighted by atomic mass is 10.5. The van der Waals surface area contributed by atoms with Crippen LogP contribution in [0.25, 0.3) is 0 Å². The molecule has 0 aromatic carbocycles. The van der Waals surface area contributed by atoms with Gasteiger partial charge in [-0.15, -0.1) is 24.8 Å². The highest BCUT2D eigenvalue weighted by molar-refractivity contribution is 5.85. The van der Waals surface area contributed by atoms with E-state index in [1.165, 1.54) is 0 Å². The average molecular weight is 171 g/mol. The zero-order valence-corrected chi connectivity index (χ0v) is 6.22. The molecule has 0 bridgehead atoms. The first kappa shape index (κ1) is 11.4. The molecule has 0 unspecified atom stereocenters. The van der Waals surface area contributed by atoms with Gasteiger partial charge in [-0.25, -0.2) is 4.79 Å². The molecule has 5 heteroatoms. The lowest BCUT2D eigenvalue weighted by Gasteiger charge is -2.04. The first-order valence-corrected chi connectivity index (χ1v) is 2.09. The molecule has 0 atom stereocenters. The number of hydrogen-bond acceptors (Lipinski definition) is 1. The molecule has 3 nitrogen and oxygen atoms in total. The SMILES string of the molecule is Cl.Cl.O=C1NC=CCN1. The summed E-state index contributed by atoms with van der Waals surface area (Å²) in [4.78, 5) is 10.2. The second kappa shape index (κ2) is 5.72. The van der Waals surface area contributed by atoms with Crippen LogP contribution < -0.4 is 10.6 Å². The Morgan fingerprint density at radius 2 is 2.11 bits per heavy atom. The fourth-order valence-electron chi connectivity index (χ4n) is 0.396. The van der Waals surface area contributed by atoms with Crippen LogP contribution >= 0.6 is 24.8 Å². The molecule has 1 rings (SSSR count). The fourth-order valence-corrected chi connectivity index (χ4v) is 0.396. The summed E-state index contributed by atoms with van der Waals surface area (Å²) in [5, 5.41) is 5.00. The van der Waals surface area contributed by atoms with Crippen molar-refractivity contribution in [3.05, 3.63) is 12.3 Å². The Balaban J connectivity index is 0. The second-order valence-electron chi connectivity index (χ2n) is 1.26. The Hall–Kier alpha value is -0.410. The van der Waals surface area contributed by atoms with E-state index in [2.05, 4.69) is 10.6 Å². The zero-order valence-electron chi connectivity index (χ0n) is 4.59. The number of carbonyl (C=O) groups excluding carboxylic acids is 1. The van der Waals surface area contributed by atoms with Crippen LogP contribution in [0.3, 0.4) is 0 Å². The number of urea groups is 1. The van der Waals surface area contributed by atoms with Gasteiger partial charge in [-0.1, -0.05) is 0 Å². The highest BCUT2D eigenvalue weighted by Crippen LogP contribution is 1.74. The van der Waals surface area contributed by atoms with Gasteiger partial charge in [0.2, 0.25) is 0 Å². The lowest BCUT2D eigenvalue weighted by Crippen LogP contribution is -2.35. The maximum absolute atomic E-state index is 10.2. The van der Waals surface area contributed by atoms with Crippen LogP contribution in [0.15, 0.2) is 12.3 Å². The van der Waals surface area contributed by atoms with Gasteiger partial charge >= 0.3 is 6.03 Å². The minimum atomic E-state index is -0.123. The topological polar surface area (TPSA) is 41.1 Å². The van der Waals surface area contributed by atoms with Gasteiger partial charge in [-0.05, 0) is 6.08 Å². The van der Waals surface area contributed by atoms with E-state index in [9.17, 15) is 4.79 Å². The van der Waals surface area contributed by atoms with Crippen molar-refractivity contribution in [3.63, 3.8) is 0 Å². The third-order valence-corrected chi connectivity index (χ3v) is 0.713. The summed E-state index contributed by atoms with van der Waals surface area (Å²) < 4.78 is 0. The maximum Gasteiger partial charge on any atom is 0.319 e. The Bertz CT molecular complexity index is 115. The van der Waals surface area contributed by atoms with Crippen LogP contribution in [0.1, 0.15) is 0 Å². The summed E-state index contributed by atoms with van der Waals surface area (Å²) in [6.07, 6.45) is 3.46. The van der Waals surface area contributed by atoms with E-state index in [4.69, 9.17) is 0 Å². The highest BCUT2D eigenvalue weighted by Gasteiger charge is 1.95. The lowest BCUT2D eigenvalue weighted by molar-refractivity contribution is 0.244. The number of hydrogen-bond donors (Lipinski definition) is 2. The van der Waals surface area contributed by atoms with Crippen LogP contribution in [0.5, 0.6) is 0 Å². The summed E-state index contributed by atoms with van der Waals surface area (Å²) in [6, 6.07) is -0.123. The molecule has 2 amide bonds. The molecular weight excluding hydrogens is 163 g/mol. The van der Waals surface area contributed by atoms with Crippen LogP contribution in [0, 0.1) is 0 Å². The number of amides is 2. The van der Waals surface area contributed by atoms with Crippen LogP contribution in [-0.4, -0.2) is 12.6 Å². The van der Waals surface area contributed by atoms with E-state index in [1.54, 1.807) is 6.20 Å². The van der Waals surface area contributed by atoms with Gasteiger partial charge < -0.3 is 10.6 Å². The number of halogens is 2. The van der Waals surface area contributed by atoms with Gasteiger partial charge in [-0.3, -0.25) is 0 Å². The Labute approximate surface area is 65.7 Å². The molecular formula is C4H8Cl2N2O. The standard InChI is InChI=1S/C4H6N2O.2ClH/c7-4-5-2-1-3-6-4;;/h1-2H,3H2,(H2,5,6,7);2*1H. The van der Waals surface area contributed by atoms with Gasteiger partial charge in [0.05, 0.1) is 0 Å². The van der Waals surface area contributed by atoms with Crippen molar-refractivity contribution in [2.45, 2.75) is 0 Å². The normalized spacial score (nSPS) is 14.0. The van der Waals surface area contributed by atoms with Crippen molar-refractivity contribution in [3.8, 4) is 0 Å². The minimum absolute atomic E-state index is 0. The zero-order chi connectivity index (χ0) is 5.11. The van der Waals surface area contributed by atoms with Gasteiger partial charge in [0.15, 0.2) is 0 Å². The maximum atomic E-state index is 10.2. The molecule has 2 N–H and O–H groups in total. The second-order valence-corrected chi connectivity index (χ2v) is 1.26. The smallest absolute Gasteiger partial charge is 0.319 e. The first-order valence-electron chi connectivity index (χ1n) is 2.09. The number of rotatable bonds is 0. The van der Waals surface area contributed by atoms with Crippen LogP contribution in [0.2, 0.25) is 0 Å². The fraction of sp³-hybridized carbons (Fsp3) is 0.250. The van der Waals surface area contributed by atoms with E-state index < -0.39 is 0 Å². The molecule has 1 aliphatic rings. The summed E-state index contributed by atoms with van der Waals surface area (Å²) >= 11 is 0. The van der Waals surface area contributed by atoms with Gasteiger partial charge in [0, 0.05) is 12.7 Å². The van der Waals surface area contributed by atoms with Gasteiger partial charge in [-0.2, -0.15) is 0 Å². The van der Waals surface area contributed by atoms with Crippen molar-refractivity contribution in [1.82, 2.24) is 10.6 Å². The van der Waals surface area contributed by atoms with E-state index >= 15 is 0 Å².